The summed E-state index contributed by atoms with van der Waals surface area (Å²) >= 11 is 3.63. The van der Waals surface area contributed by atoms with Crippen LogP contribution in [0, 0.1) is 0 Å². The summed E-state index contributed by atoms with van der Waals surface area (Å²) in [4.78, 5) is 2.43. The Labute approximate surface area is 99.6 Å². The molecule has 15 heavy (non-hydrogen) atoms. The standard InChI is InChI=1S/C12H17BrN2/c1-9(14)10-4-5-12(11(13)8-10)15-6-2-3-7-15/h4-5,8-9H,2-3,6-7,14H2,1H3/t9-/m1/s1. The molecular formula is C12H17BrN2. The fourth-order valence-corrected chi connectivity index (χ4v) is 2.67. The maximum atomic E-state index is 5.85. The van der Waals surface area contributed by atoms with Crippen LogP contribution in [0.4, 0.5) is 5.69 Å². The number of nitrogens with zero attached hydrogens (tertiary/aromatic N) is 1. The van der Waals surface area contributed by atoms with Gasteiger partial charge in [0.2, 0.25) is 0 Å². The molecule has 1 fully saturated rings. The Morgan fingerprint density at radius 3 is 2.53 bits per heavy atom. The van der Waals surface area contributed by atoms with Crippen molar-refractivity contribution in [3.05, 3.63) is 28.2 Å². The van der Waals surface area contributed by atoms with Gasteiger partial charge in [-0.15, -0.1) is 0 Å². The average Bonchev–Trinajstić information content (AvgIpc) is 2.70. The van der Waals surface area contributed by atoms with Crippen LogP contribution in [0.3, 0.4) is 0 Å². The average molecular weight is 269 g/mol. The van der Waals surface area contributed by atoms with E-state index >= 15 is 0 Å². The second-order valence-corrected chi connectivity index (χ2v) is 5.05. The van der Waals surface area contributed by atoms with Crippen molar-refractivity contribution in [2.24, 2.45) is 5.73 Å². The highest BCUT2D eigenvalue weighted by atomic mass is 79.9. The maximum absolute atomic E-state index is 5.85. The van der Waals surface area contributed by atoms with E-state index in [0.717, 1.165) is 0 Å². The molecule has 1 aromatic carbocycles. The lowest BCUT2D eigenvalue weighted by Crippen LogP contribution is -2.18. The molecule has 2 rings (SSSR count). The van der Waals surface area contributed by atoms with E-state index in [1.54, 1.807) is 0 Å². The highest BCUT2D eigenvalue weighted by Crippen LogP contribution is 2.31. The number of hydrogen-bond acceptors (Lipinski definition) is 2. The van der Waals surface area contributed by atoms with E-state index in [-0.39, 0.29) is 6.04 Å². The van der Waals surface area contributed by atoms with E-state index in [9.17, 15) is 0 Å². The highest BCUT2D eigenvalue weighted by molar-refractivity contribution is 9.10. The summed E-state index contributed by atoms with van der Waals surface area (Å²) in [5, 5.41) is 0. The Morgan fingerprint density at radius 2 is 2.00 bits per heavy atom. The van der Waals surface area contributed by atoms with Crippen molar-refractivity contribution in [2.75, 3.05) is 18.0 Å². The number of rotatable bonds is 2. The summed E-state index contributed by atoms with van der Waals surface area (Å²) in [6, 6.07) is 6.55. The van der Waals surface area contributed by atoms with Gasteiger partial charge in [-0.1, -0.05) is 6.07 Å². The molecule has 1 aliphatic rings. The van der Waals surface area contributed by atoms with Crippen LogP contribution in [-0.4, -0.2) is 13.1 Å². The normalized spacial score (nSPS) is 18.2. The zero-order valence-electron chi connectivity index (χ0n) is 9.04. The molecule has 0 bridgehead atoms. The number of nitrogens with two attached hydrogens (primary N) is 1. The molecule has 3 heteroatoms. The number of anilines is 1. The Bertz CT molecular complexity index is 343. The van der Waals surface area contributed by atoms with Gasteiger partial charge in [-0.05, 0) is 53.4 Å². The zero-order valence-corrected chi connectivity index (χ0v) is 10.6. The van der Waals surface area contributed by atoms with Crippen LogP contribution in [0.1, 0.15) is 31.4 Å². The van der Waals surface area contributed by atoms with Crippen molar-refractivity contribution in [3.63, 3.8) is 0 Å². The lowest BCUT2D eigenvalue weighted by molar-refractivity contribution is 0.816. The van der Waals surface area contributed by atoms with Gasteiger partial charge >= 0.3 is 0 Å². The largest absolute Gasteiger partial charge is 0.371 e. The van der Waals surface area contributed by atoms with E-state index in [0.29, 0.717) is 0 Å². The molecule has 0 spiro atoms. The number of hydrogen-bond donors (Lipinski definition) is 1. The first-order chi connectivity index (χ1) is 7.18. The molecule has 1 aliphatic heterocycles. The number of halogens is 1. The minimum absolute atomic E-state index is 0.105. The third-order valence-electron chi connectivity index (χ3n) is 2.94. The topological polar surface area (TPSA) is 29.3 Å². The molecule has 1 atom stereocenters. The maximum Gasteiger partial charge on any atom is 0.0510 e. The van der Waals surface area contributed by atoms with Gasteiger partial charge in [-0.3, -0.25) is 0 Å². The highest BCUT2D eigenvalue weighted by Gasteiger charge is 2.15. The smallest absolute Gasteiger partial charge is 0.0510 e. The summed E-state index contributed by atoms with van der Waals surface area (Å²) in [7, 11) is 0. The van der Waals surface area contributed by atoms with Crippen molar-refractivity contribution in [1.29, 1.82) is 0 Å². The lowest BCUT2D eigenvalue weighted by atomic mass is 10.1. The third kappa shape index (κ3) is 2.34. The minimum Gasteiger partial charge on any atom is -0.371 e. The molecule has 2 nitrogen and oxygen atoms in total. The Hall–Kier alpha value is -0.540. The predicted octanol–water partition coefficient (Wildman–Crippen LogP) is 3.07. The fourth-order valence-electron chi connectivity index (χ4n) is 2.02. The van der Waals surface area contributed by atoms with Crippen LogP contribution in [0.25, 0.3) is 0 Å². The van der Waals surface area contributed by atoms with Crippen LogP contribution in [0.5, 0.6) is 0 Å². The van der Waals surface area contributed by atoms with E-state index < -0.39 is 0 Å². The zero-order chi connectivity index (χ0) is 10.8. The van der Waals surface area contributed by atoms with Gasteiger partial charge in [-0.25, -0.2) is 0 Å². The van der Waals surface area contributed by atoms with Gasteiger partial charge in [0.1, 0.15) is 0 Å². The summed E-state index contributed by atoms with van der Waals surface area (Å²) in [6.45, 7) is 4.36. The van der Waals surface area contributed by atoms with Gasteiger partial charge in [0.25, 0.3) is 0 Å². The van der Waals surface area contributed by atoms with Crippen LogP contribution in [0.2, 0.25) is 0 Å². The van der Waals surface area contributed by atoms with Gasteiger partial charge < -0.3 is 10.6 Å². The van der Waals surface area contributed by atoms with Crippen molar-refractivity contribution < 1.29 is 0 Å². The second-order valence-electron chi connectivity index (χ2n) is 4.19. The summed E-state index contributed by atoms with van der Waals surface area (Å²) in [5.41, 5.74) is 8.34. The Kier molecular flexibility index (Phi) is 3.32. The lowest BCUT2D eigenvalue weighted by Gasteiger charge is -2.20. The first-order valence-corrected chi connectivity index (χ1v) is 6.28. The molecule has 1 heterocycles. The monoisotopic (exact) mass is 268 g/mol. The molecule has 0 aromatic heterocycles. The van der Waals surface area contributed by atoms with Crippen molar-refractivity contribution in [2.45, 2.75) is 25.8 Å². The quantitative estimate of drug-likeness (QED) is 0.894. The van der Waals surface area contributed by atoms with Crippen LogP contribution >= 0.6 is 15.9 Å². The minimum atomic E-state index is 0.105. The van der Waals surface area contributed by atoms with Crippen LogP contribution < -0.4 is 10.6 Å². The number of benzene rings is 1. The molecule has 1 saturated heterocycles. The van der Waals surface area contributed by atoms with Crippen LogP contribution in [0.15, 0.2) is 22.7 Å². The predicted molar refractivity (Wildman–Crippen MR) is 68.2 cm³/mol. The van der Waals surface area contributed by atoms with Crippen molar-refractivity contribution >= 4 is 21.6 Å². The molecule has 2 N–H and O–H groups in total. The molecule has 0 unspecified atom stereocenters. The van der Waals surface area contributed by atoms with Gasteiger partial charge in [-0.2, -0.15) is 0 Å². The van der Waals surface area contributed by atoms with E-state index in [1.807, 2.05) is 6.92 Å². The first-order valence-electron chi connectivity index (χ1n) is 5.48. The Morgan fingerprint density at radius 1 is 1.33 bits per heavy atom. The van der Waals surface area contributed by atoms with Gasteiger partial charge in [0.15, 0.2) is 0 Å². The van der Waals surface area contributed by atoms with Crippen molar-refractivity contribution in [3.8, 4) is 0 Å². The molecule has 0 saturated carbocycles. The molecule has 1 aromatic rings. The summed E-state index contributed by atoms with van der Waals surface area (Å²) in [6.07, 6.45) is 2.61. The van der Waals surface area contributed by atoms with Gasteiger partial charge in [0.05, 0.1) is 5.69 Å². The molecule has 0 aliphatic carbocycles. The summed E-state index contributed by atoms with van der Waals surface area (Å²) < 4.78 is 1.17. The molecule has 82 valence electrons. The van der Waals surface area contributed by atoms with E-state index in [2.05, 4.69) is 39.0 Å². The van der Waals surface area contributed by atoms with Crippen molar-refractivity contribution in [1.82, 2.24) is 0 Å². The molecule has 0 radical (unpaired) electrons. The first kappa shape index (κ1) is 11.0. The van der Waals surface area contributed by atoms with E-state index in [1.165, 1.54) is 41.7 Å². The molecule has 0 amide bonds. The van der Waals surface area contributed by atoms with Gasteiger partial charge in [0, 0.05) is 23.6 Å². The van der Waals surface area contributed by atoms with Crippen LogP contribution in [-0.2, 0) is 0 Å². The second kappa shape index (κ2) is 4.54. The summed E-state index contributed by atoms with van der Waals surface area (Å²) in [5.74, 6) is 0. The SMILES string of the molecule is C[C@@H](N)c1ccc(N2CCCC2)c(Br)c1. The van der Waals surface area contributed by atoms with E-state index in [4.69, 9.17) is 5.73 Å². The molecular weight excluding hydrogens is 252 g/mol. The third-order valence-corrected chi connectivity index (χ3v) is 3.58. The Balaban J connectivity index is 2.25. The fraction of sp³-hybridized carbons (Fsp3) is 0.500.